The second kappa shape index (κ2) is 14.3. The summed E-state index contributed by atoms with van der Waals surface area (Å²) in [5, 5.41) is 4.46. The maximum Gasteiger partial charge on any atom is 0.170 e. The molecule has 0 N–H and O–H groups in total. The van der Waals surface area contributed by atoms with Crippen LogP contribution < -0.4 is 0 Å². The average Bonchev–Trinajstić information content (AvgIpc) is 3.80. The zero-order valence-electron chi connectivity index (χ0n) is 28.3. The molecular formula is C38H42F2N2S5. The molecule has 47 heavy (non-hydrogen) atoms. The zero-order valence-corrected chi connectivity index (χ0v) is 32.4. The predicted octanol–water partition coefficient (Wildman–Crippen LogP) is 13.7. The normalized spacial score (nSPS) is 12.3. The van der Waals surface area contributed by atoms with Gasteiger partial charge in [0, 0.05) is 29.3 Å². The molecule has 248 valence electrons. The molecule has 9 heteroatoms. The van der Waals surface area contributed by atoms with Crippen molar-refractivity contribution in [3.05, 3.63) is 68.9 Å². The summed E-state index contributed by atoms with van der Waals surface area (Å²) in [5.74, 6) is 0.309. The monoisotopic (exact) mass is 724 g/mol. The molecule has 0 radical (unpaired) electrons. The van der Waals surface area contributed by atoms with Crippen molar-refractivity contribution in [1.82, 2.24) is 8.75 Å². The van der Waals surface area contributed by atoms with Gasteiger partial charge in [0.05, 0.1) is 22.9 Å². The highest BCUT2D eigenvalue weighted by Gasteiger charge is 2.29. The van der Waals surface area contributed by atoms with Gasteiger partial charge in [-0.2, -0.15) is 8.75 Å². The lowest BCUT2D eigenvalue weighted by molar-refractivity contribution is 0.516. The smallest absolute Gasteiger partial charge is 0.170 e. The van der Waals surface area contributed by atoms with Crippen LogP contribution in [-0.4, -0.2) is 8.75 Å². The quantitative estimate of drug-likeness (QED) is 0.126. The second-order valence-electron chi connectivity index (χ2n) is 14.3. The Morgan fingerprint density at radius 3 is 1.28 bits per heavy atom. The third-order valence-electron chi connectivity index (χ3n) is 8.00. The molecule has 0 fully saturated rings. The van der Waals surface area contributed by atoms with Crippen LogP contribution >= 0.6 is 57.1 Å². The summed E-state index contributed by atoms with van der Waals surface area (Å²) in [4.78, 5) is 6.07. The van der Waals surface area contributed by atoms with Gasteiger partial charge in [0.1, 0.15) is 11.0 Å². The van der Waals surface area contributed by atoms with Gasteiger partial charge in [0.15, 0.2) is 11.6 Å². The van der Waals surface area contributed by atoms with Crippen molar-refractivity contribution in [2.45, 2.75) is 81.1 Å². The van der Waals surface area contributed by atoms with Gasteiger partial charge in [-0.3, -0.25) is 0 Å². The number of halogens is 2. The second-order valence-corrected chi connectivity index (χ2v) is 18.8. The van der Waals surface area contributed by atoms with Gasteiger partial charge >= 0.3 is 0 Å². The maximum atomic E-state index is 16.5. The minimum Gasteiger partial charge on any atom is -0.203 e. The molecule has 0 bridgehead atoms. The van der Waals surface area contributed by atoms with E-state index in [1.54, 1.807) is 45.3 Å². The van der Waals surface area contributed by atoms with Gasteiger partial charge in [-0.05, 0) is 107 Å². The van der Waals surface area contributed by atoms with E-state index in [-0.39, 0.29) is 11.1 Å². The first-order chi connectivity index (χ1) is 22.4. The van der Waals surface area contributed by atoms with E-state index in [4.69, 9.17) is 0 Å². The first-order valence-electron chi connectivity index (χ1n) is 16.4. The molecule has 0 atom stereocenters. The largest absolute Gasteiger partial charge is 0.203 e. The average molecular weight is 725 g/mol. The van der Waals surface area contributed by atoms with Crippen molar-refractivity contribution in [2.24, 2.45) is 23.7 Å². The van der Waals surface area contributed by atoms with Crippen LogP contribution in [0.5, 0.6) is 0 Å². The third-order valence-corrected chi connectivity index (χ3v) is 13.2. The SMILES string of the molecule is CC(C)Cc1csc(-c2sc(-c3c(F)c(F)c(-c4cc(CC(C)C)c(-c5cc(CC(C)C)cs5)s4)c4nsnc34)cc2CC(C)C)c1. The summed E-state index contributed by atoms with van der Waals surface area (Å²) in [5.41, 5.74) is 6.33. The Hall–Kier alpha value is -2.30. The van der Waals surface area contributed by atoms with Crippen LogP contribution in [0.1, 0.15) is 77.6 Å². The van der Waals surface area contributed by atoms with Crippen molar-refractivity contribution < 1.29 is 8.78 Å². The van der Waals surface area contributed by atoms with E-state index in [1.807, 2.05) is 0 Å². The van der Waals surface area contributed by atoms with Crippen molar-refractivity contribution in [1.29, 1.82) is 0 Å². The first-order valence-corrected chi connectivity index (χ1v) is 20.6. The van der Waals surface area contributed by atoms with Crippen LogP contribution in [-0.2, 0) is 25.7 Å². The molecule has 0 unspecified atom stereocenters. The minimum atomic E-state index is -0.841. The van der Waals surface area contributed by atoms with E-state index >= 15 is 8.78 Å². The number of aromatic nitrogens is 2. The third kappa shape index (κ3) is 7.35. The fourth-order valence-electron chi connectivity index (χ4n) is 6.24. The summed E-state index contributed by atoms with van der Waals surface area (Å²) in [6.45, 7) is 17.7. The van der Waals surface area contributed by atoms with E-state index < -0.39 is 11.6 Å². The van der Waals surface area contributed by atoms with Gasteiger partial charge in [-0.1, -0.05) is 55.4 Å². The van der Waals surface area contributed by atoms with Gasteiger partial charge in [0.25, 0.3) is 0 Å². The number of nitrogens with zero attached hydrogens (tertiary/aromatic N) is 2. The number of fused-ring (bicyclic) bond motifs is 1. The van der Waals surface area contributed by atoms with Crippen LogP contribution in [0.15, 0.2) is 35.0 Å². The Morgan fingerprint density at radius 2 is 0.915 bits per heavy atom. The van der Waals surface area contributed by atoms with Gasteiger partial charge in [0.2, 0.25) is 0 Å². The number of benzene rings is 1. The highest BCUT2D eigenvalue weighted by atomic mass is 32.1. The number of hydrogen-bond donors (Lipinski definition) is 0. The standard InChI is InChI=1S/C38H42F2N2S5/c1-19(2)9-23-13-29(43-17-23)37-25(11-21(5)6)15-27(45-37)31-33(39)34(40)32(36-35(31)41-47-42-36)28-16-26(12-22(7)8)38(46-28)30-14-24(18-44-30)10-20(3)4/h13-22H,9-12H2,1-8H3. The number of rotatable bonds is 12. The molecule has 0 amide bonds. The maximum absolute atomic E-state index is 16.5. The molecule has 0 aliphatic carbocycles. The summed E-state index contributed by atoms with van der Waals surface area (Å²) < 4.78 is 42.3. The molecule has 0 saturated carbocycles. The molecule has 5 aromatic heterocycles. The Morgan fingerprint density at radius 1 is 0.532 bits per heavy atom. The van der Waals surface area contributed by atoms with Crippen LogP contribution in [0.4, 0.5) is 8.78 Å². The molecule has 0 aliphatic rings. The fraction of sp³-hybridized carbons (Fsp3) is 0.421. The number of hydrogen-bond acceptors (Lipinski definition) is 7. The lowest BCUT2D eigenvalue weighted by atomic mass is 9.99. The molecule has 0 spiro atoms. The minimum absolute atomic E-state index is 0.228. The van der Waals surface area contributed by atoms with Gasteiger partial charge in [-0.25, -0.2) is 8.78 Å². The Balaban J connectivity index is 1.47. The highest BCUT2D eigenvalue weighted by molar-refractivity contribution is 7.24. The topological polar surface area (TPSA) is 25.8 Å². The first kappa shape index (κ1) is 34.6. The van der Waals surface area contributed by atoms with E-state index in [1.165, 1.54) is 32.0 Å². The van der Waals surface area contributed by atoms with Gasteiger partial charge in [-0.15, -0.1) is 45.3 Å². The van der Waals surface area contributed by atoms with Crippen LogP contribution in [0.25, 0.3) is 51.4 Å². The molecule has 6 aromatic rings. The Bertz CT molecular complexity index is 1860. The van der Waals surface area contributed by atoms with E-state index in [0.29, 0.717) is 44.5 Å². The van der Waals surface area contributed by atoms with Crippen molar-refractivity contribution in [3.63, 3.8) is 0 Å². The summed E-state index contributed by atoms with van der Waals surface area (Å²) in [6, 6.07) is 8.67. The molecule has 2 nitrogen and oxygen atoms in total. The molecule has 6 rings (SSSR count). The lowest BCUT2D eigenvalue weighted by Crippen LogP contribution is -1.96. The Kier molecular flexibility index (Phi) is 10.5. The van der Waals surface area contributed by atoms with Crippen molar-refractivity contribution in [3.8, 4) is 40.4 Å². The fourth-order valence-corrected chi connectivity index (χ4v) is 11.4. The highest BCUT2D eigenvalue weighted by Crippen LogP contribution is 2.49. The lowest BCUT2D eigenvalue weighted by Gasteiger charge is -2.08. The van der Waals surface area contributed by atoms with Crippen molar-refractivity contribution >= 4 is 68.1 Å². The molecule has 1 aromatic carbocycles. The molecule has 0 aliphatic heterocycles. The molecule has 0 saturated heterocycles. The summed E-state index contributed by atoms with van der Waals surface area (Å²) >= 11 is 7.58. The molecule has 5 heterocycles. The zero-order chi connectivity index (χ0) is 33.6. The van der Waals surface area contributed by atoms with E-state index in [9.17, 15) is 0 Å². The Labute approximate surface area is 297 Å². The van der Waals surface area contributed by atoms with E-state index in [2.05, 4.69) is 99.2 Å². The van der Waals surface area contributed by atoms with Crippen molar-refractivity contribution in [2.75, 3.05) is 0 Å². The van der Waals surface area contributed by atoms with E-state index in [0.717, 1.165) is 47.2 Å². The summed E-state index contributed by atoms with van der Waals surface area (Å²) in [7, 11) is 0. The van der Waals surface area contributed by atoms with Crippen LogP contribution in [0, 0.1) is 35.3 Å². The molecular weight excluding hydrogens is 683 g/mol. The number of thiophene rings is 4. The predicted molar refractivity (Wildman–Crippen MR) is 205 cm³/mol. The van der Waals surface area contributed by atoms with Crippen LogP contribution in [0.2, 0.25) is 0 Å². The van der Waals surface area contributed by atoms with Gasteiger partial charge < -0.3 is 0 Å². The van der Waals surface area contributed by atoms with Crippen LogP contribution in [0.3, 0.4) is 0 Å². The summed E-state index contributed by atoms with van der Waals surface area (Å²) in [6.07, 6.45) is 3.77.